The van der Waals surface area contributed by atoms with Gasteiger partial charge in [-0.1, -0.05) is 32.9 Å². The average Bonchev–Trinajstić information content (AvgIpc) is 2.75. The summed E-state index contributed by atoms with van der Waals surface area (Å²) in [5.74, 6) is -4.15. The van der Waals surface area contributed by atoms with Crippen LogP contribution in [0.5, 0.6) is 0 Å². The fourth-order valence-corrected chi connectivity index (χ4v) is 2.36. The van der Waals surface area contributed by atoms with Gasteiger partial charge in [-0.05, 0) is 17.5 Å². The number of carboxylic acids is 1. The minimum absolute atomic E-state index is 0.0454. The molecule has 7 heteroatoms. The van der Waals surface area contributed by atoms with Crippen LogP contribution in [0.15, 0.2) is 24.3 Å². The Morgan fingerprint density at radius 3 is 2.22 bits per heavy atom. The van der Waals surface area contributed by atoms with Crippen molar-refractivity contribution < 1.29 is 29.1 Å². The summed E-state index contributed by atoms with van der Waals surface area (Å²) in [6.45, 7) is 5.44. The van der Waals surface area contributed by atoms with Gasteiger partial charge in [0, 0.05) is 6.42 Å². The maximum Gasteiger partial charge on any atom is 0.364 e. The standard InChI is InChI=1S/C16H17NO6/c1-16(2,3)11-8-12(18)17(13(11)19)23-15(22)10-7-5-4-6-9(10)14(20)21/h4-7,11H,8H2,1-3H3,(H,20,21). The fourth-order valence-electron chi connectivity index (χ4n) is 2.36. The molecule has 0 aromatic heterocycles. The molecule has 2 rings (SSSR count). The number of benzene rings is 1. The number of imide groups is 1. The third-order valence-electron chi connectivity index (χ3n) is 3.70. The molecule has 1 N–H and O–H groups in total. The van der Waals surface area contributed by atoms with Crippen LogP contribution < -0.4 is 0 Å². The third-order valence-corrected chi connectivity index (χ3v) is 3.70. The Balaban J connectivity index is 2.23. The topological polar surface area (TPSA) is 101 Å². The number of carboxylic acid groups (broad SMARTS) is 1. The highest BCUT2D eigenvalue weighted by atomic mass is 16.7. The van der Waals surface area contributed by atoms with Crippen LogP contribution in [0.2, 0.25) is 0 Å². The maximum atomic E-state index is 12.3. The zero-order chi connectivity index (χ0) is 17.4. The molecule has 1 aromatic rings. The number of amides is 2. The number of carbonyl (C=O) groups is 4. The first kappa shape index (κ1) is 16.7. The SMILES string of the molecule is CC(C)(C)C1CC(=O)N(OC(=O)c2ccccc2C(=O)O)C1=O. The van der Waals surface area contributed by atoms with Gasteiger partial charge in [0.1, 0.15) is 0 Å². The van der Waals surface area contributed by atoms with Crippen molar-refractivity contribution in [1.29, 1.82) is 0 Å². The second-order valence-electron chi connectivity index (χ2n) is 6.38. The number of carbonyl (C=O) groups excluding carboxylic acids is 3. The molecule has 0 spiro atoms. The predicted octanol–water partition coefficient (Wildman–Crippen LogP) is 1.88. The van der Waals surface area contributed by atoms with E-state index in [4.69, 9.17) is 9.94 Å². The molecule has 7 nitrogen and oxygen atoms in total. The number of nitrogens with zero attached hydrogens (tertiary/aromatic N) is 1. The van der Waals surface area contributed by atoms with E-state index in [2.05, 4.69) is 0 Å². The Hall–Kier alpha value is -2.70. The minimum Gasteiger partial charge on any atom is -0.478 e. The Morgan fingerprint density at radius 1 is 1.17 bits per heavy atom. The summed E-state index contributed by atoms with van der Waals surface area (Å²) in [6.07, 6.45) is -0.0454. The fraction of sp³-hybridized carbons (Fsp3) is 0.375. The Kier molecular flexibility index (Phi) is 4.22. The number of hydrogen-bond acceptors (Lipinski definition) is 5. The predicted molar refractivity (Wildman–Crippen MR) is 78.2 cm³/mol. The molecule has 1 atom stereocenters. The summed E-state index contributed by atoms with van der Waals surface area (Å²) < 4.78 is 0. The van der Waals surface area contributed by atoms with Gasteiger partial charge in [0.15, 0.2) is 0 Å². The van der Waals surface area contributed by atoms with Crippen molar-refractivity contribution in [3.05, 3.63) is 35.4 Å². The van der Waals surface area contributed by atoms with Gasteiger partial charge in [0.05, 0.1) is 17.0 Å². The molecule has 0 radical (unpaired) electrons. The van der Waals surface area contributed by atoms with Crippen molar-refractivity contribution in [1.82, 2.24) is 5.06 Å². The summed E-state index contributed by atoms with van der Waals surface area (Å²) in [4.78, 5) is 52.3. The molecule has 1 heterocycles. The monoisotopic (exact) mass is 319 g/mol. The largest absolute Gasteiger partial charge is 0.478 e. The Labute approximate surface area is 132 Å². The number of hydrogen-bond donors (Lipinski definition) is 1. The van der Waals surface area contributed by atoms with E-state index < -0.39 is 35.1 Å². The van der Waals surface area contributed by atoms with Crippen LogP contribution in [0.4, 0.5) is 0 Å². The van der Waals surface area contributed by atoms with Gasteiger partial charge in [-0.25, -0.2) is 9.59 Å². The molecular formula is C16H17NO6. The van der Waals surface area contributed by atoms with Gasteiger partial charge in [0.25, 0.3) is 11.8 Å². The van der Waals surface area contributed by atoms with Crippen molar-refractivity contribution >= 4 is 23.8 Å². The normalized spacial score (nSPS) is 18.2. The van der Waals surface area contributed by atoms with E-state index in [1.54, 1.807) is 0 Å². The smallest absolute Gasteiger partial charge is 0.364 e. The minimum atomic E-state index is -1.30. The van der Waals surface area contributed by atoms with Crippen molar-refractivity contribution in [3.8, 4) is 0 Å². The van der Waals surface area contributed by atoms with Crippen LogP contribution in [0.1, 0.15) is 47.9 Å². The summed E-state index contributed by atoms with van der Waals surface area (Å²) in [5, 5.41) is 9.51. The van der Waals surface area contributed by atoms with E-state index >= 15 is 0 Å². The summed E-state index contributed by atoms with van der Waals surface area (Å²) in [6, 6.07) is 5.43. The van der Waals surface area contributed by atoms with Crippen molar-refractivity contribution in [3.63, 3.8) is 0 Å². The second-order valence-corrected chi connectivity index (χ2v) is 6.38. The van der Waals surface area contributed by atoms with E-state index in [9.17, 15) is 19.2 Å². The number of hydroxylamine groups is 2. The van der Waals surface area contributed by atoms with Crippen LogP contribution in [-0.4, -0.2) is 33.9 Å². The van der Waals surface area contributed by atoms with Crippen LogP contribution in [0.3, 0.4) is 0 Å². The lowest BCUT2D eigenvalue weighted by Gasteiger charge is -2.24. The molecule has 1 saturated heterocycles. The van der Waals surface area contributed by atoms with E-state index in [-0.39, 0.29) is 17.5 Å². The van der Waals surface area contributed by atoms with E-state index in [0.29, 0.717) is 5.06 Å². The Morgan fingerprint density at radius 2 is 1.74 bits per heavy atom. The van der Waals surface area contributed by atoms with Gasteiger partial charge in [-0.3, -0.25) is 9.59 Å². The highest BCUT2D eigenvalue weighted by molar-refractivity contribution is 6.06. The van der Waals surface area contributed by atoms with E-state index in [1.165, 1.54) is 24.3 Å². The summed E-state index contributed by atoms with van der Waals surface area (Å²) in [7, 11) is 0. The lowest BCUT2D eigenvalue weighted by Crippen LogP contribution is -2.36. The highest BCUT2D eigenvalue weighted by Gasteiger charge is 2.47. The summed E-state index contributed by atoms with van der Waals surface area (Å²) >= 11 is 0. The van der Waals surface area contributed by atoms with E-state index in [0.717, 1.165) is 0 Å². The van der Waals surface area contributed by atoms with Crippen LogP contribution >= 0.6 is 0 Å². The van der Waals surface area contributed by atoms with Crippen LogP contribution in [0.25, 0.3) is 0 Å². The molecule has 1 aliphatic rings. The number of rotatable bonds is 3. The van der Waals surface area contributed by atoms with Crippen LogP contribution in [-0.2, 0) is 14.4 Å². The van der Waals surface area contributed by atoms with Crippen molar-refractivity contribution in [2.75, 3.05) is 0 Å². The molecule has 0 saturated carbocycles. The zero-order valence-electron chi connectivity index (χ0n) is 13.0. The molecule has 23 heavy (non-hydrogen) atoms. The molecule has 1 unspecified atom stereocenters. The molecule has 1 aliphatic heterocycles. The van der Waals surface area contributed by atoms with E-state index in [1.807, 2.05) is 20.8 Å². The molecule has 0 aliphatic carbocycles. The van der Waals surface area contributed by atoms with Gasteiger partial charge in [-0.15, -0.1) is 5.06 Å². The molecule has 1 fully saturated rings. The van der Waals surface area contributed by atoms with Crippen molar-refractivity contribution in [2.45, 2.75) is 27.2 Å². The third kappa shape index (κ3) is 3.23. The molecule has 122 valence electrons. The number of aromatic carboxylic acids is 1. The quantitative estimate of drug-likeness (QED) is 0.854. The first-order chi connectivity index (χ1) is 10.6. The second kappa shape index (κ2) is 5.83. The first-order valence-corrected chi connectivity index (χ1v) is 7.04. The van der Waals surface area contributed by atoms with Gasteiger partial charge in [-0.2, -0.15) is 0 Å². The lowest BCUT2D eigenvalue weighted by atomic mass is 9.80. The lowest BCUT2D eigenvalue weighted by molar-refractivity contribution is -0.174. The van der Waals surface area contributed by atoms with Gasteiger partial charge in [0.2, 0.25) is 0 Å². The van der Waals surface area contributed by atoms with Gasteiger partial charge < -0.3 is 9.94 Å². The zero-order valence-corrected chi connectivity index (χ0v) is 13.0. The van der Waals surface area contributed by atoms with Gasteiger partial charge >= 0.3 is 11.9 Å². The Bertz CT molecular complexity index is 688. The van der Waals surface area contributed by atoms with Crippen LogP contribution in [0, 0.1) is 11.3 Å². The molecule has 1 aromatic carbocycles. The first-order valence-electron chi connectivity index (χ1n) is 7.04. The average molecular weight is 319 g/mol. The van der Waals surface area contributed by atoms with Crippen molar-refractivity contribution in [2.24, 2.45) is 11.3 Å². The summed E-state index contributed by atoms with van der Waals surface area (Å²) in [5.41, 5.74) is -0.934. The maximum absolute atomic E-state index is 12.3. The molecule has 0 bridgehead atoms. The molecule has 2 amide bonds. The highest BCUT2D eigenvalue weighted by Crippen LogP contribution is 2.35. The molecular weight excluding hydrogens is 302 g/mol.